The number of nitrogens with one attached hydrogen (secondary N) is 2. The van der Waals surface area contributed by atoms with E-state index in [9.17, 15) is 9.59 Å². The molecule has 0 bridgehead atoms. The van der Waals surface area contributed by atoms with E-state index in [0.29, 0.717) is 13.1 Å². The van der Waals surface area contributed by atoms with Gasteiger partial charge in [-0.1, -0.05) is 91.0 Å². The first-order valence-electron chi connectivity index (χ1n) is 20.1. The molecular weight excluding hydrogens is 725 g/mol. The van der Waals surface area contributed by atoms with Gasteiger partial charge in [0.15, 0.2) is 0 Å². The molecule has 2 saturated heterocycles. The van der Waals surface area contributed by atoms with E-state index < -0.39 is 0 Å². The number of benzene rings is 4. The lowest BCUT2D eigenvalue weighted by Crippen LogP contribution is -2.40. The molecule has 11 nitrogen and oxygen atoms in total. The Morgan fingerprint density at radius 1 is 0.638 bits per heavy atom. The first-order chi connectivity index (χ1) is 28.2. The molecule has 0 radical (unpaired) electrons. The minimum absolute atomic E-state index is 0.0821. The molecule has 4 aromatic carbocycles. The Balaban J connectivity index is 0.991. The fourth-order valence-electron chi connectivity index (χ4n) is 8.77. The smallest absolute Gasteiger partial charge is 0.245 e. The normalized spacial score (nSPS) is 17.9. The monoisotopic (exact) mass is 776 g/mol. The quantitative estimate of drug-likeness (QED) is 0.129. The maximum absolute atomic E-state index is 14.1. The van der Waals surface area contributed by atoms with Crippen LogP contribution < -0.4 is 4.74 Å². The van der Waals surface area contributed by atoms with Gasteiger partial charge in [-0.25, -0.2) is 9.97 Å². The van der Waals surface area contributed by atoms with Gasteiger partial charge >= 0.3 is 0 Å². The van der Waals surface area contributed by atoms with Crippen LogP contribution in [-0.4, -0.2) is 99.7 Å². The lowest BCUT2D eigenvalue weighted by atomic mass is 9.99. The molecule has 298 valence electrons. The molecule has 11 heteroatoms. The van der Waals surface area contributed by atoms with E-state index in [-0.39, 0.29) is 36.0 Å². The van der Waals surface area contributed by atoms with Crippen molar-refractivity contribution in [3.8, 4) is 39.4 Å². The van der Waals surface area contributed by atoms with E-state index in [1.807, 2.05) is 127 Å². The molecule has 58 heavy (non-hydrogen) atoms. The molecule has 0 saturated carbocycles. The van der Waals surface area contributed by atoms with Gasteiger partial charge in [-0.15, -0.1) is 0 Å². The highest BCUT2D eigenvalue weighted by molar-refractivity contribution is 5.85. The zero-order chi connectivity index (χ0) is 40.3. The zero-order valence-corrected chi connectivity index (χ0v) is 33.9. The summed E-state index contributed by atoms with van der Waals surface area (Å²) < 4.78 is 5.83. The van der Waals surface area contributed by atoms with E-state index in [0.717, 1.165) is 87.9 Å². The SMILES string of the molecule is COc1ccc(-c2ccc(-c3cnc([C@@H]4CCCN4C(=O)C(c4ccccc4)N(C)C)[nH]3)cc2)cc1-c1cnc([C@@H]2CCCN2C(=O)[C@@H](c2ccccc2)N(C)C)[nH]1. The number of carbonyl (C=O) groups is 2. The maximum Gasteiger partial charge on any atom is 0.245 e. The summed E-state index contributed by atoms with van der Waals surface area (Å²) in [5.41, 5.74) is 7.71. The second-order valence-corrected chi connectivity index (χ2v) is 15.8. The molecule has 8 rings (SSSR count). The number of hydrogen-bond donors (Lipinski definition) is 2. The molecule has 0 aliphatic carbocycles. The van der Waals surface area contributed by atoms with Gasteiger partial charge in [-0.05, 0) is 93.8 Å². The molecule has 0 spiro atoms. The lowest BCUT2D eigenvalue weighted by Gasteiger charge is -2.31. The number of rotatable bonds is 12. The first-order valence-corrected chi connectivity index (χ1v) is 20.1. The van der Waals surface area contributed by atoms with Crippen LogP contribution in [0.2, 0.25) is 0 Å². The molecule has 1 unspecified atom stereocenters. The number of likely N-dealkylation sites (tertiary alicyclic amines) is 2. The topological polar surface area (TPSA) is 114 Å². The van der Waals surface area contributed by atoms with Crippen LogP contribution in [0.5, 0.6) is 5.75 Å². The number of aromatic amines is 2. The van der Waals surface area contributed by atoms with E-state index >= 15 is 0 Å². The average molecular weight is 777 g/mol. The van der Waals surface area contributed by atoms with Crippen LogP contribution in [0.4, 0.5) is 0 Å². The van der Waals surface area contributed by atoms with Crippen LogP contribution in [0.25, 0.3) is 33.6 Å². The van der Waals surface area contributed by atoms with Crippen molar-refractivity contribution in [2.75, 3.05) is 48.4 Å². The van der Waals surface area contributed by atoms with Gasteiger partial charge in [0.25, 0.3) is 0 Å². The van der Waals surface area contributed by atoms with Crippen molar-refractivity contribution in [2.45, 2.75) is 49.9 Å². The number of imidazole rings is 2. The van der Waals surface area contributed by atoms with Gasteiger partial charge in [0.2, 0.25) is 11.8 Å². The fourth-order valence-corrected chi connectivity index (χ4v) is 8.77. The Morgan fingerprint density at radius 3 is 1.60 bits per heavy atom. The second-order valence-electron chi connectivity index (χ2n) is 15.8. The molecule has 4 atom stereocenters. The van der Waals surface area contributed by atoms with Gasteiger partial charge in [-0.3, -0.25) is 19.4 Å². The predicted molar refractivity (Wildman–Crippen MR) is 227 cm³/mol. The van der Waals surface area contributed by atoms with Crippen molar-refractivity contribution >= 4 is 11.8 Å². The second kappa shape index (κ2) is 16.8. The van der Waals surface area contributed by atoms with Crippen LogP contribution >= 0.6 is 0 Å². The number of amides is 2. The van der Waals surface area contributed by atoms with E-state index in [1.165, 1.54) is 0 Å². The van der Waals surface area contributed by atoms with Crippen LogP contribution in [0, 0.1) is 0 Å². The Morgan fingerprint density at radius 2 is 1.10 bits per heavy atom. The van der Waals surface area contributed by atoms with Crippen molar-refractivity contribution < 1.29 is 14.3 Å². The van der Waals surface area contributed by atoms with Crippen molar-refractivity contribution in [1.29, 1.82) is 0 Å². The van der Waals surface area contributed by atoms with Crippen molar-refractivity contribution in [3.63, 3.8) is 0 Å². The summed E-state index contributed by atoms with van der Waals surface area (Å²) in [6, 6.07) is 33.6. The Hall–Kier alpha value is -6.04. The third kappa shape index (κ3) is 7.67. The Bertz CT molecular complexity index is 2340. The van der Waals surface area contributed by atoms with Crippen molar-refractivity contribution in [1.82, 2.24) is 39.5 Å². The third-order valence-corrected chi connectivity index (χ3v) is 11.6. The molecule has 2 N–H and O–H groups in total. The number of ether oxygens (including phenoxy) is 1. The maximum atomic E-state index is 14.1. The summed E-state index contributed by atoms with van der Waals surface area (Å²) in [4.78, 5) is 52.7. The lowest BCUT2D eigenvalue weighted by molar-refractivity contribution is -0.138. The fraction of sp³-hybridized carbons (Fsp3) is 0.319. The van der Waals surface area contributed by atoms with Crippen LogP contribution in [0.1, 0.15) is 72.6 Å². The largest absolute Gasteiger partial charge is 0.496 e. The minimum Gasteiger partial charge on any atom is -0.496 e. The van der Waals surface area contributed by atoms with E-state index in [1.54, 1.807) is 7.11 Å². The van der Waals surface area contributed by atoms with Gasteiger partial charge in [0.1, 0.15) is 29.5 Å². The number of aromatic nitrogens is 4. The molecule has 2 aliphatic heterocycles. The third-order valence-electron chi connectivity index (χ3n) is 11.6. The Kier molecular flexibility index (Phi) is 11.3. The van der Waals surface area contributed by atoms with Crippen LogP contribution in [0.15, 0.2) is 116 Å². The molecule has 2 amide bonds. The van der Waals surface area contributed by atoms with Crippen molar-refractivity contribution in [3.05, 3.63) is 138 Å². The van der Waals surface area contributed by atoms with Crippen molar-refractivity contribution in [2.24, 2.45) is 0 Å². The number of nitrogens with zero attached hydrogens (tertiary/aromatic N) is 6. The van der Waals surface area contributed by atoms with E-state index in [2.05, 4.69) is 46.4 Å². The number of likely N-dealkylation sites (N-methyl/N-ethyl adjacent to an activating group) is 2. The van der Waals surface area contributed by atoms with Gasteiger partial charge in [0.05, 0.1) is 43.0 Å². The van der Waals surface area contributed by atoms with Crippen LogP contribution in [-0.2, 0) is 9.59 Å². The average Bonchev–Trinajstić information content (AvgIpc) is 4.08. The predicted octanol–water partition coefficient (Wildman–Crippen LogP) is 8.08. The molecule has 2 aromatic heterocycles. The molecular formula is C47H52N8O3. The number of carbonyl (C=O) groups excluding carboxylic acids is 2. The Labute approximate surface area is 340 Å². The molecule has 2 aliphatic rings. The first kappa shape index (κ1) is 38.8. The number of H-pyrrole nitrogens is 2. The summed E-state index contributed by atoms with van der Waals surface area (Å²) in [5, 5.41) is 0. The zero-order valence-electron chi connectivity index (χ0n) is 33.9. The highest BCUT2D eigenvalue weighted by Gasteiger charge is 2.38. The molecule has 6 aromatic rings. The van der Waals surface area contributed by atoms with Gasteiger partial charge < -0.3 is 24.5 Å². The summed E-state index contributed by atoms with van der Waals surface area (Å²) >= 11 is 0. The number of hydrogen-bond acceptors (Lipinski definition) is 7. The summed E-state index contributed by atoms with van der Waals surface area (Å²) in [6.07, 6.45) is 7.28. The summed E-state index contributed by atoms with van der Waals surface area (Å²) in [5.74, 6) is 2.50. The summed E-state index contributed by atoms with van der Waals surface area (Å²) in [7, 11) is 9.50. The van der Waals surface area contributed by atoms with E-state index in [4.69, 9.17) is 14.7 Å². The highest BCUT2D eigenvalue weighted by atomic mass is 16.5. The van der Waals surface area contributed by atoms with Crippen LogP contribution in [0.3, 0.4) is 0 Å². The minimum atomic E-state index is -0.371. The van der Waals surface area contributed by atoms with Gasteiger partial charge in [0, 0.05) is 18.7 Å². The summed E-state index contributed by atoms with van der Waals surface area (Å²) in [6.45, 7) is 1.40. The highest BCUT2D eigenvalue weighted by Crippen LogP contribution is 2.39. The number of methoxy groups -OCH3 is 1. The standard InChI is InChI=1S/C47H52N8O3/c1-52(2)42(33-14-8-6-9-15-33)46(56)54-26-12-18-39(54)44-48-29-37(50-44)32-22-20-31(21-23-32)35-24-25-41(58-5)36(28-35)38-30-49-45(51-38)40-19-13-27-55(40)47(57)43(53(3)4)34-16-10-7-11-17-34/h6-11,14-17,20-25,28-30,39-40,42-43H,12-13,18-19,26-27H2,1-5H3,(H,48,50)(H,49,51)/t39-,40-,42?,43+/m0/s1. The molecule has 4 heterocycles. The van der Waals surface area contributed by atoms with Gasteiger partial charge in [-0.2, -0.15) is 0 Å². The molecule has 2 fully saturated rings.